The maximum atomic E-state index is 5.86. The van der Waals surface area contributed by atoms with Crippen LogP contribution in [0.25, 0.3) is 0 Å². The van der Waals surface area contributed by atoms with E-state index >= 15 is 0 Å². The molecular formula is C12H18N2O. The predicted molar refractivity (Wildman–Crippen MR) is 60.0 cm³/mol. The van der Waals surface area contributed by atoms with Crippen LogP contribution in [-0.4, -0.2) is 24.2 Å². The van der Waals surface area contributed by atoms with E-state index in [4.69, 9.17) is 4.74 Å². The molecule has 1 saturated carbocycles. The minimum atomic E-state index is 0.374. The Morgan fingerprint density at radius 2 is 2.13 bits per heavy atom. The molecule has 1 heterocycles. The largest absolute Gasteiger partial charge is 0.489 e. The van der Waals surface area contributed by atoms with Crippen LogP contribution >= 0.6 is 0 Å². The van der Waals surface area contributed by atoms with Gasteiger partial charge in [-0.1, -0.05) is 0 Å². The molecule has 1 N–H and O–H groups in total. The van der Waals surface area contributed by atoms with Gasteiger partial charge in [0.1, 0.15) is 5.75 Å². The number of nitrogens with zero attached hydrogens (tertiary/aromatic N) is 1. The molecule has 1 fully saturated rings. The molecule has 0 aliphatic heterocycles. The fraction of sp³-hybridized carbons (Fsp3) is 0.583. The van der Waals surface area contributed by atoms with Gasteiger partial charge >= 0.3 is 0 Å². The monoisotopic (exact) mass is 206 g/mol. The highest BCUT2D eigenvalue weighted by molar-refractivity contribution is 5.15. The second kappa shape index (κ2) is 5.12. The third-order valence-corrected chi connectivity index (χ3v) is 3.02. The van der Waals surface area contributed by atoms with Crippen molar-refractivity contribution in [2.45, 2.75) is 37.8 Å². The first-order valence-corrected chi connectivity index (χ1v) is 5.62. The number of ether oxygens (including phenoxy) is 1. The Labute approximate surface area is 90.9 Å². The van der Waals surface area contributed by atoms with Gasteiger partial charge in [0.05, 0.1) is 12.3 Å². The number of aromatic nitrogens is 1. The summed E-state index contributed by atoms with van der Waals surface area (Å²) < 4.78 is 5.86. The van der Waals surface area contributed by atoms with Crippen LogP contribution in [0.3, 0.4) is 0 Å². The Bertz CT molecular complexity index is 281. The molecule has 15 heavy (non-hydrogen) atoms. The van der Waals surface area contributed by atoms with E-state index in [1.54, 1.807) is 12.4 Å². The standard InChI is InChI=1S/C12H18N2O/c1-13-10-4-6-11(7-5-10)15-12-3-2-8-14-9-12/h2-3,8-11,13H,4-7H2,1H3. The molecule has 3 nitrogen and oxygen atoms in total. The SMILES string of the molecule is CNC1CCC(Oc2cccnc2)CC1. The van der Waals surface area contributed by atoms with Crippen LogP contribution in [0.1, 0.15) is 25.7 Å². The second-order valence-electron chi connectivity index (χ2n) is 4.07. The van der Waals surface area contributed by atoms with Gasteiger partial charge in [0, 0.05) is 12.2 Å². The molecular weight excluding hydrogens is 188 g/mol. The third kappa shape index (κ3) is 2.93. The van der Waals surface area contributed by atoms with E-state index in [0.29, 0.717) is 12.1 Å². The van der Waals surface area contributed by atoms with Crippen LogP contribution in [0.5, 0.6) is 5.75 Å². The Morgan fingerprint density at radius 1 is 1.33 bits per heavy atom. The molecule has 0 atom stereocenters. The fourth-order valence-corrected chi connectivity index (χ4v) is 2.08. The van der Waals surface area contributed by atoms with Gasteiger partial charge < -0.3 is 10.1 Å². The maximum Gasteiger partial charge on any atom is 0.137 e. The molecule has 1 aromatic rings. The van der Waals surface area contributed by atoms with Crippen molar-refractivity contribution in [3.8, 4) is 5.75 Å². The Kier molecular flexibility index (Phi) is 3.56. The molecule has 0 spiro atoms. The third-order valence-electron chi connectivity index (χ3n) is 3.02. The summed E-state index contributed by atoms with van der Waals surface area (Å²) in [5.41, 5.74) is 0. The molecule has 0 bridgehead atoms. The summed E-state index contributed by atoms with van der Waals surface area (Å²) in [4.78, 5) is 4.04. The number of nitrogens with one attached hydrogen (secondary N) is 1. The van der Waals surface area contributed by atoms with Gasteiger partial charge in [-0.05, 0) is 44.9 Å². The molecule has 0 saturated heterocycles. The van der Waals surface area contributed by atoms with E-state index in [2.05, 4.69) is 10.3 Å². The molecule has 1 aromatic heterocycles. The molecule has 0 aromatic carbocycles. The van der Waals surface area contributed by atoms with Crippen molar-refractivity contribution in [3.05, 3.63) is 24.5 Å². The van der Waals surface area contributed by atoms with Crippen LogP contribution < -0.4 is 10.1 Å². The molecule has 0 amide bonds. The normalized spacial score (nSPS) is 26.2. The summed E-state index contributed by atoms with van der Waals surface area (Å²) >= 11 is 0. The lowest BCUT2D eigenvalue weighted by Gasteiger charge is -2.28. The Balaban J connectivity index is 1.82. The lowest BCUT2D eigenvalue weighted by atomic mass is 9.93. The molecule has 1 aliphatic rings. The van der Waals surface area contributed by atoms with Gasteiger partial charge in [0.15, 0.2) is 0 Å². The first-order valence-electron chi connectivity index (χ1n) is 5.62. The van der Waals surface area contributed by atoms with E-state index in [9.17, 15) is 0 Å². The lowest BCUT2D eigenvalue weighted by Crippen LogP contribution is -2.34. The van der Waals surface area contributed by atoms with Crippen molar-refractivity contribution in [1.82, 2.24) is 10.3 Å². The first kappa shape index (κ1) is 10.4. The van der Waals surface area contributed by atoms with Gasteiger partial charge in [0.2, 0.25) is 0 Å². The van der Waals surface area contributed by atoms with Crippen molar-refractivity contribution >= 4 is 0 Å². The first-order chi connectivity index (χ1) is 7.38. The summed E-state index contributed by atoms with van der Waals surface area (Å²) in [6.07, 6.45) is 8.62. The molecule has 2 rings (SSSR count). The topological polar surface area (TPSA) is 34.1 Å². The zero-order chi connectivity index (χ0) is 10.5. The predicted octanol–water partition coefficient (Wildman–Crippen LogP) is 1.99. The highest BCUT2D eigenvalue weighted by Crippen LogP contribution is 2.22. The van der Waals surface area contributed by atoms with Crippen LogP contribution in [0.2, 0.25) is 0 Å². The van der Waals surface area contributed by atoms with Crippen molar-refractivity contribution in [3.63, 3.8) is 0 Å². The summed E-state index contributed by atoms with van der Waals surface area (Å²) in [6.45, 7) is 0. The van der Waals surface area contributed by atoms with Crippen LogP contribution in [0.15, 0.2) is 24.5 Å². The van der Waals surface area contributed by atoms with Crippen molar-refractivity contribution < 1.29 is 4.74 Å². The quantitative estimate of drug-likeness (QED) is 0.821. The van der Waals surface area contributed by atoms with Gasteiger partial charge in [-0.3, -0.25) is 4.98 Å². The highest BCUT2D eigenvalue weighted by Gasteiger charge is 2.20. The van der Waals surface area contributed by atoms with Crippen molar-refractivity contribution in [2.75, 3.05) is 7.05 Å². The van der Waals surface area contributed by atoms with Crippen molar-refractivity contribution in [1.29, 1.82) is 0 Å². The molecule has 82 valence electrons. The summed E-state index contributed by atoms with van der Waals surface area (Å²) in [6, 6.07) is 4.56. The lowest BCUT2D eigenvalue weighted by molar-refractivity contribution is 0.141. The molecule has 0 radical (unpaired) electrons. The van der Waals surface area contributed by atoms with Gasteiger partial charge in [0.25, 0.3) is 0 Å². The number of rotatable bonds is 3. The van der Waals surface area contributed by atoms with Gasteiger partial charge in [-0.2, -0.15) is 0 Å². The average molecular weight is 206 g/mol. The average Bonchev–Trinajstić information content (AvgIpc) is 2.31. The second-order valence-corrected chi connectivity index (χ2v) is 4.07. The summed E-state index contributed by atoms with van der Waals surface area (Å²) in [5, 5.41) is 3.32. The highest BCUT2D eigenvalue weighted by atomic mass is 16.5. The summed E-state index contributed by atoms with van der Waals surface area (Å²) in [7, 11) is 2.03. The van der Waals surface area contributed by atoms with E-state index in [1.807, 2.05) is 19.2 Å². The zero-order valence-electron chi connectivity index (χ0n) is 9.15. The molecule has 3 heteroatoms. The van der Waals surface area contributed by atoms with E-state index in [0.717, 1.165) is 18.6 Å². The van der Waals surface area contributed by atoms with Crippen LogP contribution in [0, 0.1) is 0 Å². The number of hydrogen-bond acceptors (Lipinski definition) is 3. The van der Waals surface area contributed by atoms with Crippen LogP contribution in [0.4, 0.5) is 0 Å². The molecule has 0 unspecified atom stereocenters. The van der Waals surface area contributed by atoms with E-state index < -0.39 is 0 Å². The van der Waals surface area contributed by atoms with Crippen molar-refractivity contribution in [2.24, 2.45) is 0 Å². The number of hydrogen-bond donors (Lipinski definition) is 1. The van der Waals surface area contributed by atoms with E-state index in [1.165, 1.54) is 12.8 Å². The fourth-order valence-electron chi connectivity index (χ4n) is 2.08. The number of pyridine rings is 1. The van der Waals surface area contributed by atoms with Gasteiger partial charge in [-0.25, -0.2) is 0 Å². The van der Waals surface area contributed by atoms with Gasteiger partial charge in [-0.15, -0.1) is 0 Å². The molecule has 1 aliphatic carbocycles. The Hall–Kier alpha value is -1.09. The zero-order valence-corrected chi connectivity index (χ0v) is 9.15. The van der Waals surface area contributed by atoms with Crippen LogP contribution in [-0.2, 0) is 0 Å². The Morgan fingerprint density at radius 3 is 2.73 bits per heavy atom. The minimum Gasteiger partial charge on any atom is -0.489 e. The minimum absolute atomic E-state index is 0.374. The smallest absolute Gasteiger partial charge is 0.137 e. The maximum absolute atomic E-state index is 5.86. The summed E-state index contributed by atoms with van der Waals surface area (Å²) in [5.74, 6) is 0.894. The van der Waals surface area contributed by atoms with E-state index in [-0.39, 0.29) is 0 Å².